The molecule has 0 spiro atoms. The Morgan fingerprint density at radius 2 is 0.935 bits per heavy atom. The Balaban J connectivity index is 2.77. The Morgan fingerprint density at radius 1 is 0.613 bits per heavy atom. The highest BCUT2D eigenvalue weighted by Crippen LogP contribution is 2.23. The molecular weight excluding hydrogens is 441 g/mol. The number of nitrogens with zero attached hydrogens (tertiary/aromatic N) is 3. The summed E-state index contributed by atoms with van der Waals surface area (Å²) in [5, 5.41) is 17.5. The molecule has 0 atom stereocenters. The lowest BCUT2D eigenvalue weighted by Crippen LogP contribution is -2.55. The lowest BCUT2D eigenvalue weighted by atomic mass is 10.1. The first-order valence-electron chi connectivity index (χ1n) is 8.26. The number of carboxylic acids is 2. The van der Waals surface area contributed by atoms with Crippen LogP contribution in [0.25, 0.3) is 0 Å². The Kier molecular flexibility index (Phi) is 6.77. The molecule has 0 bridgehead atoms. The summed E-state index contributed by atoms with van der Waals surface area (Å²) in [7, 11) is 0. The fraction of sp³-hybridized carbons (Fsp3) is 0.312. The molecular formula is C16H12F5N3O7. The molecule has 10 nitrogen and oxygen atoms in total. The first kappa shape index (κ1) is 23.5. The third kappa shape index (κ3) is 4.54. The second-order valence-electron chi connectivity index (χ2n) is 6.07. The van der Waals surface area contributed by atoms with Crippen molar-refractivity contribution in [3.8, 4) is 0 Å². The number of aromatic nitrogens is 3. The number of hydrogen-bond donors (Lipinski definition) is 2. The van der Waals surface area contributed by atoms with Crippen molar-refractivity contribution < 1.29 is 41.8 Å². The second-order valence-corrected chi connectivity index (χ2v) is 6.07. The highest BCUT2D eigenvalue weighted by atomic mass is 19.2. The predicted octanol–water partition coefficient (Wildman–Crippen LogP) is -0.135. The summed E-state index contributed by atoms with van der Waals surface area (Å²) in [5.41, 5.74) is -6.16. The highest BCUT2D eigenvalue weighted by molar-refractivity contribution is 5.66. The lowest BCUT2D eigenvalue weighted by Gasteiger charge is -2.14. The molecule has 1 heterocycles. The van der Waals surface area contributed by atoms with E-state index in [4.69, 9.17) is 10.2 Å². The molecule has 168 valence electrons. The monoisotopic (exact) mass is 453 g/mol. The minimum Gasteiger partial charge on any atom is -0.481 e. The van der Waals surface area contributed by atoms with Crippen LogP contribution in [0.2, 0.25) is 0 Å². The molecule has 2 N–H and O–H groups in total. The van der Waals surface area contributed by atoms with E-state index >= 15 is 0 Å². The predicted molar refractivity (Wildman–Crippen MR) is 89.1 cm³/mol. The van der Waals surface area contributed by atoms with Crippen molar-refractivity contribution in [1.82, 2.24) is 13.7 Å². The Hall–Kier alpha value is -3.78. The number of carboxylic acid groups (broad SMARTS) is 2. The molecule has 0 radical (unpaired) electrons. The van der Waals surface area contributed by atoms with Gasteiger partial charge in [-0.15, -0.1) is 0 Å². The van der Waals surface area contributed by atoms with Gasteiger partial charge in [0.05, 0.1) is 19.4 Å². The van der Waals surface area contributed by atoms with Crippen LogP contribution in [0.4, 0.5) is 22.0 Å². The smallest absolute Gasteiger partial charge is 0.336 e. The lowest BCUT2D eigenvalue weighted by molar-refractivity contribution is -0.138. The quantitative estimate of drug-likeness (QED) is 0.322. The van der Waals surface area contributed by atoms with Gasteiger partial charge in [0.25, 0.3) is 0 Å². The van der Waals surface area contributed by atoms with Gasteiger partial charge in [-0.25, -0.2) is 50.0 Å². The van der Waals surface area contributed by atoms with Crippen molar-refractivity contribution in [3.05, 3.63) is 66.1 Å². The molecule has 0 aliphatic heterocycles. The van der Waals surface area contributed by atoms with Crippen molar-refractivity contribution in [3.63, 3.8) is 0 Å². The third-order valence-electron chi connectivity index (χ3n) is 4.10. The largest absolute Gasteiger partial charge is 0.481 e. The third-order valence-corrected chi connectivity index (χ3v) is 4.10. The fourth-order valence-electron chi connectivity index (χ4n) is 2.56. The molecule has 2 rings (SSSR count). The van der Waals surface area contributed by atoms with E-state index in [1.807, 2.05) is 0 Å². The van der Waals surface area contributed by atoms with Crippen molar-refractivity contribution in [1.29, 1.82) is 0 Å². The molecule has 1 aromatic carbocycles. The maximum absolute atomic E-state index is 14.0. The molecule has 0 aliphatic rings. The van der Waals surface area contributed by atoms with E-state index in [1.165, 1.54) is 0 Å². The number of aliphatic carboxylic acids is 2. The normalized spacial score (nSPS) is 11.0. The van der Waals surface area contributed by atoms with Crippen molar-refractivity contribution >= 4 is 11.9 Å². The highest BCUT2D eigenvalue weighted by Gasteiger charge is 2.27. The standard InChI is InChI=1S/C16H12F5N3O7/c17-9-6(10(18)12(20)13(21)11(9)19)5-24-15(30)22(3-1-7(25)26)14(29)23(16(24)31)4-2-8(27)28/h1-5H2,(H,25,26)(H,27,28). The first-order valence-corrected chi connectivity index (χ1v) is 8.26. The second kappa shape index (κ2) is 8.93. The zero-order chi connectivity index (χ0) is 23.6. The maximum Gasteiger partial charge on any atom is 0.336 e. The summed E-state index contributed by atoms with van der Waals surface area (Å²) >= 11 is 0. The molecule has 0 saturated heterocycles. The van der Waals surface area contributed by atoms with E-state index in [-0.39, 0.29) is 13.7 Å². The summed E-state index contributed by atoms with van der Waals surface area (Å²) in [4.78, 5) is 58.8. The Labute approximate surface area is 167 Å². The van der Waals surface area contributed by atoms with Gasteiger partial charge in [-0.3, -0.25) is 9.59 Å². The average molecular weight is 453 g/mol. The summed E-state index contributed by atoms with van der Waals surface area (Å²) in [6, 6.07) is 0. The molecule has 1 aromatic heterocycles. The van der Waals surface area contributed by atoms with E-state index in [9.17, 15) is 45.9 Å². The number of rotatable bonds is 8. The molecule has 2 aromatic rings. The minimum atomic E-state index is -2.48. The topological polar surface area (TPSA) is 141 Å². The van der Waals surface area contributed by atoms with Gasteiger partial charge in [-0.2, -0.15) is 0 Å². The van der Waals surface area contributed by atoms with Gasteiger partial charge in [-0.05, 0) is 0 Å². The van der Waals surface area contributed by atoms with Gasteiger partial charge in [0.1, 0.15) is 0 Å². The minimum absolute atomic E-state index is 0.0661. The van der Waals surface area contributed by atoms with Crippen LogP contribution in [0, 0.1) is 29.1 Å². The van der Waals surface area contributed by atoms with E-state index in [2.05, 4.69) is 0 Å². The summed E-state index contributed by atoms with van der Waals surface area (Å²) in [5.74, 6) is -14.8. The zero-order valence-electron chi connectivity index (χ0n) is 15.2. The SMILES string of the molecule is O=C(O)CCn1c(=O)n(CCC(=O)O)c(=O)n(Cc2c(F)c(F)c(F)c(F)c2F)c1=O. The van der Waals surface area contributed by atoms with Gasteiger partial charge in [0, 0.05) is 18.7 Å². The van der Waals surface area contributed by atoms with Crippen molar-refractivity contribution in [2.75, 3.05) is 0 Å². The number of hydrogen-bond acceptors (Lipinski definition) is 5. The molecule has 0 aliphatic carbocycles. The van der Waals surface area contributed by atoms with Crippen LogP contribution in [0.1, 0.15) is 18.4 Å². The average Bonchev–Trinajstić information content (AvgIpc) is 2.69. The molecule has 31 heavy (non-hydrogen) atoms. The van der Waals surface area contributed by atoms with Crippen LogP contribution in [0.3, 0.4) is 0 Å². The van der Waals surface area contributed by atoms with Crippen LogP contribution < -0.4 is 17.1 Å². The summed E-state index contributed by atoms with van der Waals surface area (Å²) in [6.07, 6.45) is -1.62. The van der Waals surface area contributed by atoms with E-state index < -0.39 is 96.1 Å². The number of carbonyl (C=O) groups is 2. The van der Waals surface area contributed by atoms with Gasteiger partial charge in [-0.1, -0.05) is 0 Å². The fourth-order valence-corrected chi connectivity index (χ4v) is 2.56. The Bertz CT molecular complexity index is 1160. The van der Waals surface area contributed by atoms with Crippen LogP contribution in [0.15, 0.2) is 14.4 Å². The van der Waals surface area contributed by atoms with E-state index in [0.29, 0.717) is 0 Å². The molecule has 0 amide bonds. The zero-order valence-corrected chi connectivity index (χ0v) is 15.2. The summed E-state index contributed by atoms with van der Waals surface area (Å²) in [6.45, 7) is -3.15. The maximum atomic E-state index is 14.0. The van der Waals surface area contributed by atoms with Crippen molar-refractivity contribution in [2.24, 2.45) is 0 Å². The molecule has 0 saturated carbocycles. The number of halogens is 5. The van der Waals surface area contributed by atoms with Gasteiger partial charge < -0.3 is 10.2 Å². The van der Waals surface area contributed by atoms with Crippen LogP contribution in [0.5, 0.6) is 0 Å². The summed E-state index contributed by atoms with van der Waals surface area (Å²) < 4.78 is 68.3. The first-order chi connectivity index (χ1) is 14.4. The van der Waals surface area contributed by atoms with Gasteiger partial charge >= 0.3 is 29.0 Å². The van der Waals surface area contributed by atoms with Gasteiger partial charge in [0.2, 0.25) is 5.82 Å². The van der Waals surface area contributed by atoms with Crippen molar-refractivity contribution in [2.45, 2.75) is 32.5 Å². The van der Waals surface area contributed by atoms with Crippen LogP contribution in [-0.2, 0) is 29.2 Å². The Morgan fingerprint density at radius 3 is 1.29 bits per heavy atom. The molecule has 0 fully saturated rings. The van der Waals surface area contributed by atoms with E-state index in [0.717, 1.165) is 0 Å². The van der Waals surface area contributed by atoms with Crippen LogP contribution >= 0.6 is 0 Å². The molecule has 15 heteroatoms. The number of benzene rings is 1. The molecule has 0 unspecified atom stereocenters. The van der Waals surface area contributed by atoms with Crippen LogP contribution in [-0.4, -0.2) is 35.9 Å². The van der Waals surface area contributed by atoms with Gasteiger partial charge in [0.15, 0.2) is 23.3 Å². The van der Waals surface area contributed by atoms with E-state index in [1.54, 1.807) is 0 Å².